The van der Waals surface area contributed by atoms with E-state index in [1.54, 1.807) is 12.5 Å². The first-order valence-electron chi connectivity index (χ1n) is 6.87. The summed E-state index contributed by atoms with van der Waals surface area (Å²) in [6.45, 7) is 4.87. The Hall–Kier alpha value is -2.64. The number of aryl methyl sites for hydroxylation is 1. The van der Waals surface area contributed by atoms with E-state index < -0.39 is 0 Å². The lowest BCUT2D eigenvalue weighted by Gasteiger charge is -2.15. The lowest BCUT2D eigenvalue weighted by molar-refractivity contribution is 0.716. The van der Waals surface area contributed by atoms with E-state index in [-0.39, 0.29) is 6.04 Å². The normalized spacial score (nSPS) is 12.5. The average Bonchev–Trinajstić information content (AvgIpc) is 3.07. The van der Waals surface area contributed by atoms with Crippen LogP contribution in [0.4, 0.5) is 11.6 Å². The summed E-state index contributed by atoms with van der Waals surface area (Å²) >= 11 is 0. The minimum atomic E-state index is -0.0256. The standard InChI is InChI=1S/C13H18N8/c1-4-14-10-7-21-6-5-15-13(21)11(18-10)17-9(2)12-19-16-8-20(12)3/h5-9,14H,4H2,1-3H3,(H,17,18). The van der Waals surface area contributed by atoms with Crippen molar-refractivity contribution in [3.63, 3.8) is 0 Å². The van der Waals surface area contributed by atoms with E-state index in [4.69, 9.17) is 0 Å². The Balaban J connectivity index is 1.95. The summed E-state index contributed by atoms with van der Waals surface area (Å²) in [5, 5.41) is 14.6. The molecular weight excluding hydrogens is 268 g/mol. The third-order valence-corrected chi connectivity index (χ3v) is 3.22. The first-order valence-corrected chi connectivity index (χ1v) is 6.87. The zero-order valence-corrected chi connectivity index (χ0v) is 12.3. The van der Waals surface area contributed by atoms with E-state index >= 15 is 0 Å². The van der Waals surface area contributed by atoms with Crippen molar-refractivity contribution >= 4 is 17.3 Å². The van der Waals surface area contributed by atoms with E-state index in [1.165, 1.54) is 0 Å². The predicted molar refractivity (Wildman–Crippen MR) is 80.2 cm³/mol. The quantitative estimate of drug-likeness (QED) is 0.738. The van der Waals surface area contributed by atoms with Crippen molar-refractivity contribution in [2.45, 2.75) is 19.9 Å². The summed E-state index contributed by atoms with van der Waals surface area (Å²) in [4.78, 5) is 8.92. The summed E-state index contributed by atoms with van der Waals surface area (Å²) in [7, 11) is 1.92. The van der Waals surface area contributed by atoms with Gasteiger partial charge in [0.15, 0.2) is 17.3 Å². The Morgan fingerprint density at radius 2 is 2.24 bits per heavy atom. The fourth-order valence-corrected chi connectivity index (χ4v) is 2.25. The molecule has 0 aromatic carbocycles. The number of anilines is 2. The van der Waals surface area contributed by atoms with Crippen molar-refractivity contribution in [3.05, 3.63) is 30.7 Å². The SMILES string of the molecule is CCNc1cn2ccnc2c(NC(C)c2nncn2C)n1. The summed E-state index contributed by atoms with van der Waals surface area (Å²) in [6, 6.07) is -0.0256. The van der Waals surface area contributed by atoms with Gasteiger partial charge in [0.25, 0.3) is 0 Å². The van der Waals surface area contributed by atoms with Gasteiger partial charge < -0.3 is 19.6 Å². The van der Waals surface area contributed by atoms with Gasteiger partial charge in [0, 0.05) is 26.0 Å². The molecule has 0 saturated carbocycles. The highest BCUT2D eigenvalue weighted by Crippen LogP contribution is 2.21. The van der Waals surface area contributed by atoms with Crippen LogP contribution in [0.2, 0.25) is 0 Å². The number of hydrogen-bond acceptors (Lipinski definition) is 6. The zero-order valence-electron chi connectivity index (χ0n) is 12.3. The molecule has 0 amide bonds. The molecule has 110 valence electrons. The molecule has 3 heterocycles. The average molecular weight is 286 g/mol. The van der Waals surface area contributed by atoms with Gasteiger partial charge in [0.05, 0.1) is 12.2 Å². The third-order valence-electron chi connectivity index (χ3n) is 3.22. The van der Waals surface area contributed by atoms with E-state index in [1.807, 2.05) is 42.3 Å². The number of hydrogen-bond donors (Lipinski definition) is 2. The molecule has 8 nitrogen and oxygen atoms in total. The van der Waals surface area contributed by atoms with Crippen molar-refractivity contribution < 1.29 is 0 Å². The second kappa shape index (κ2) is 5.39. The van der Waals surface area contributed by atoms with Crippen LogP contribution in [-0.4, -0.2) is 35.7 Å². The van der Waals surface area contributed by atoms with Gasteiger partial charge in [-0.2, -0.15) is 0 Å². The van der Waals surface area contributed by atoms with Gasteiger partial charge in [-0.3, -0.25) is 0 Å². The van der Waals surface area contributed by atoms with Crippen LogP contribution < -0.4 is 10.6 Å². The minimum absolute atomic E-state index is 0.0256. The number of nitrogens with zero attached hydrogens (tertiary/aromatic N) is 6. The van der Waals surface area contributed by atoms with Crippen LogP contribution >= 0.6 is 0 Å². The van der Waals surface area contributed by atoms with E-state index in [0.717, 1.165) is 23.8 Å². The van der Waals surface area contributed by atoms with Crippen molar-refractivity contribution in [1.29, 1.82) is 0 Å². The van der Waals surface area contributed by atoms with Crippen molar-refractivity contribution in [3.8, 4) is 0 Å². The maximum atomic E-state index is 4.58. The van der Waals surface area contributed by atoms with Gasteiger partial charge in [0.1, 0.15) is 12.1 Å². The Morgan fingerprint density at radius 1 is 1.38 bits per heavy atom. The second-order valence-electron chi connectivity index (χ2n) is 4.83. The molecule has 2 N–H and O–H groups in total. The summed E-state index contributed by atoms with van der Waals surface area (Å²) in [5.74, 6) is 2.36. The van der Waals surface area contributed by atoms with Crippen LogP contribution in [0.5, 0.6) is 0 Å². The topological polar surface area (TPSA) is 85.0 Å². The Morgan fingerprint density at radius 3 is 2.95 bits per heavy atom. The molecule has 3 aromatic rings. The van der Waals surface area contributed by atoms with Gasteiger partial charge >= 0.3 is 0 Å². The molecule has 0 aliphatic rings. The highest BCUT2D eigenvalue weighted by molar-refractivity contribution is 5.65. The molecule has 1 unspecified atom stereocenters. The largest absolute Gasteiger partial charge is 0.369 e. The van der Waals surface area contributed by atoms with Gasteiger partial charge in [0.2, 0.25) is 0 Å². The van der Waals surface area contributed by atoms with E-state index in [9.17, 15) is 0 Å². The Labute approximate surface area is 122 Å². The fourth-order valence-electron chi connectivity index (χ4n) is 2.25. The fraction of sp³-hybridized carbons (Fsp3) is 0.385. The molecule has 0 radical (unpaired) electrons. The molecule has 0 aliphatic carbocycles. The molecule has 0 aliphatic heterocycles. The van der Waals surface area contributed by atoms with Gasteiger partial charge in [-0.25, -0.2) is 9.97 Å². The highest BCUT2D eigenvalue weighted by Gasteiger charge is 2.15. The van der Waals surface area contributed by atoms with Crippen LogP contribution in [0.3, 0.4) is 0 Å². The highest BCUT2D eigenvalue weighted by atomic mass is 15.3. The Bertz CT molecular complexity index is 744. The smallest absolute Gasteiger partial charge is 0.180 e. The molecule has 1 atom stereocenters. The number of aromatic nitrogens is 6. The minimum Gasteiger partial charge on any atom is -0.369 e. The number of imidazole rings is 1. The lowest BCUT2D eigenvalue weighted by Crippen LogP contribution is -2.14. The van der Waals surface area contributed by atoms with Crippen LogP contribution in [0.1, 0.15) is 25.7 Å². The van der Waals surface area contributed by atoms with Crippen LogP contribution in [0, 0.1) is 0 Å². The van der Waals surface area contributed by atoms with E-state index in [2.05, 4.69) is 30.8 Å². The summed E-state index contributed by atoms with van der Waals surface area (Å²) in [6.07, 6.45) is 7.26. The van der Waals surface area contributed by atoms with Crippen LogP contribution in [-0.2, 0) is 7.05 Å². The molecule has 3 aromatic heterocycles. The number of nitrogens with one attached hydrogen (secondary N) is 2. The van der Waals surface area contributed by atoms with E-state index in [0.29, 0.717) is 5.82 Å². The maximum Gasteiger partial charge on any atom is 0.180 e. The second-order valence-corrected chi connectivity index (χ2v) is 4.83. The van der Waals surface area contributed by atoms with Crippen LogP contribution in [0.25, 0.3) is 5.65 Å². The summed E-state index contributed by atoms with van der Waals surface area (Å²) in [5.41, 5.74) is 0.783. The summed E-state index contributed by atoms with van der Waals surface area (Å²) < 4.78 is 3.82. The number of fused-ring (bicyclic) bond motifs is 1. The van der Waals surface area contributed by atoms with Gasteiger partial charge in [-0.05, 0) is 13.8 Å². The molecule has 3 rings (SSSR count). The Kier molecular flexibility index (Phi) is 3.43. The van der Waals surface area contributed by atoms with Crippen molar-refractivity contribution in [2.24, 2.45) is 7.05 Å². The molecule has 21 heavy (non-hydrogen) atoms. The van der Waals surface area contributed by atoms with Gasteiger partial charge in [-0.15, -0.1) is 10.2 Å². The predicted octanol–water partition coefficient (Wildman–Crippen LogP) is 1.46. The molecule has 0 fully saturated rings. The zero-order chi connectivity index (χ0) is 14.8. The van der Waals surface area contributed by atoms with Crippen molar-refractivity contribution in [2.75, 3.05) is 17.2 Å². The molecular formula is C13H18N8. The number of rotatable bonds is 5. The molecule has 0 spiro atoms. The molecule has 0 saturated heterocycles. The first-order chi connectivity index (χ1) is 10.2. The molecule has 8 heteroatoms. The monoisotopic (exact) mass is 286 g/mol. The maximum absolute atomic E-state index is 4.58. The lowest BCUT2D eigenvalue weighted by atomic mass is 10.3. The first kappa shape index (κ1) is 13.3. The van der Waals surface area contributed by atoms with Gasteiger partial charge in [-0.1, -0.05) is 0 Å². The molecule has 0 bridgehead atoms. The third kappa shape index (κ3) is 2.51. The van der Waals surface area contributed by atoms with Crippen LogP contribution in [0.15, 0.2) is 24.9 Å². The van der Waals surface area contributed by atoms with Crippen molar-refractivity contribution in [1.82, 2.24) is 29.1 Å².